The van der Waals surface area contributed by atoms with Crippen LogP contribution in [0.1, 0.15) is 5.56 Å². The van der Waals surface area contributed by atoms with Crippen molar-refractivity contribution >= 4 is 51.9 Å². The third-order valence-electron chi connectivity index (χ3n) is 10.6. The van der Waals surface area contributed by atoms with Crippen molar-refractivity contribution in [2.45, 2.75) is 9.79 Å². The van der Waals surface area contributed by atoms with Gasteiger partial charge in [0.15, 0.2) is 0 Å². The fourth-order valence-electron chi connectivity index (χ4n) is 8.27. The van der Waals surface area contributed by atoms with Crippen LogP contribution in [0.3, 0.4) is 0 Å². The van der Waals surface area contributed by atoms with Crippen LogP contribution >= 0.6 is 11.8 Å². The zero-order chi connectivity index (χ0) is 35.3. The second-order valence-electron chi connectivity index (χ2n) is 13.5. The lowest BCUT2D eigenvalue weighted by Gasteiger charge is -2.43. The molecule has 2 aliphatic rings. The molecule has 10 rings (SSSR count). The van der Waals surface area contributed by atoms with Crippen molar-refractivity contribution in [1.29, 1.82) is 5.26 Å². The van der Waals surface area contributed by atoms with Crippen molar-refractivity contribution in [3.63, 3.8) is 0 Å². The van der Waals surface area contributed by atoms with E-state index in [2.05, 4.69) is 187 Å². The molecule has 0 N–H and O–H groups in total. The Bertz CT molecular complexity index is 2650. The van der Waals surface area contributed by atoms with Gasteiger partial charge in [-0.05, 0) is 56.9 Å². The van der Waals surface area contributed by atoms with Gasteiger partial charge in [-0.3, -0.25) is 0 Å². The summed E-state index contributed by atoms with van der Waals surface area (Å²) in [5.74, 6) is 0. The largest absolute Gasteiger partial charge is 0.310 e. The highest BCUT2D eigenvalue weighted by atomic mass is 32.2. The minimum Gasteiger partial charge on any atom is -0.310 e. The number of anilines is 3. The monoisotopic (exact) mass is 690 g/mol. The smallest absolute Gasteiger partial charge is 0.249 e. The van der Waals surface area contributed by atoms with E-state index < -0.39 is 0 Å². The zero-order valence-electron chi connectivity index (χ0n) is 28.8. The highest BCUT2D eigenvalue weighted by molar-refractivity contribution is 8.00. The Hall–Kier alpha value is -6.54. The standard InChI is InChI=1S/C49H31BN2S/c51-32-37-24-13-29-43-49(37)53-45-31-38(33-16-5-1-6-17-33)30-44-46(45)50(43)42-28-15-27-41(36-22-11-4-12-23-36)48(42)52(44)47-39(34-18-7-2-8-19-34)25-14-26-40(47)35-20-9-3-10-21-35/h1-31H. The molecule has 0 aliphatic carbocycles. The van der Waals surface area contributed by atoms with Gasteiger partial charge in [-0.15, -0.1) is 0 Å². The van der Waals surface area contributed by atoms with Crippen LogP contribution in [0.25, 0.3) is 44.5 Å². The molecule has 2 aliphatic heterocycles. The van der Waals surface area contributed by atoms with Gasteiger partial charge in [-0.2, -0.15) is 5.26 Å². The fourth-order valence-corrected chi connectivity index (χ4v) is 9.54. The van der Waals surface area contributed by atoms with Crippen LogP contribution in [0.2, 0.25) is 0 Å². The number of benzene rings is 8. The highest BCUT2D eigenvalue weighted by Gasteiger charge is 2.43. The van der Waals surface area contributed by atoms with Crippen LogP contribution in [0.15, 0.2) is 198 Å². The maximum atomic E-state index is 10.4. The summed E-state index contributed by atoms with van der Waals surface area (Å²) in [6.07, 6.45) is 0. The van der Waals surface area contributed by atoms with E-state index in [9.17, 15) is 5.26 Å². The highest BCUT2D eigenvalue weighted by Crippen LogP contribution is 2.52. The predicted molar refractivity (Wildman–Crippen MR) is 223 cm³/mol. The maximum Gasteiger partial charge on any atom is 0.249 e. The average molecular weight is 691 g/mol. The van der Waals surface area contributed by atoms with E-state index in [1.807, 2.05) is 12.1 Å². The predicted octanol–water partition coefficient (Wildman–Crippen LogP) is 11.0. The van der Waals surface area contributed by atoms with Crippen molar-refractivity contribution in [2.24, 2.45) is 0 Å². The molecule has 0 radical (unpaired) electrons. The Labute approximate surface area is 314 Å². The Morgan fingerprint density at radius 2 is 0.943 bits per heavy atom. The topological polar surface area (TPSA) is 27.0 Å². The van der Waals surface area contributed by atoms with Crippen molar-refractivity contribution in [3.8, 4) is 50.6 Å². The molecule has 0 fully saturated rings. The molecule has 0 bridgehead atoms. The number of rotatable bonds is 5. The van der Waals surface area contributed by atoms with Crippen LogP contribution in [0.5, 0.6) is 0 Å². The van der Waals surface area contributed by atoms with E-state index in [4.69, 9.17) is 0 Å². The molecule has 4 heteroatoms. The minimum absolute atomic E-state index is 0.0617. The van der Waals surface area contributed by atoms with E-state index in [0.29, 0.717) is 5.56 Å². The first-order valence-corrected chi connectivity index (χ1v) is 18.8. The SMILES string of the molecule is N#Cc1cccc2c1Sc1cc(-c3ccccc3)cc3c1B2c1cccc(-c2ccccc2)c1N3c1c(-c2ccccc2)cccc1-c1ccccc1. The van der Waals surface area contributed by atoms with Gasteiger partial charge in [0.1, 0.15) is 6.07 Å². The van der Waals surface area contributed by atoms with E-state index in [-0.39, 0.29) is 6.71 Å². The van der Waals surface area contributed by atoms with Crippen molar-refractivity contribution in [3.05, 3.63) is 194 Å². The molecule has 246 valence electrons. The molecule has 0 unspecified atom stereocenters. The van der Waals surface area contributed by atoms with Gasteiger partial charge in [0.25, 0.3) is 0 Å². The quantitative estimate of drug-likeness (QED) is 0.168. The van der Waals surface area contributed by atoms with Gasteiger partial charge in [0.05, 0.1) is 11.3 Å². The van der Waals surface area contributed by atoms with E-state index in [1.54, 1.807) is 11.8 Å². The van der Waals surface area contributed by atoms with Crippen molar-refractivity contribution in [1.82, 2.24) is 0 Å². The normalized spacial score (nSPS) is 12.4. The Morgan fingerprint density at radius 3 is 1.51 bits per heavy atom. The summed E-state index contributed by atoms with van der Waals surface area (Å²) >= 11 is 1.73. The summed E-state index contributed by atoms with van der Waals surface area (Å²) in [4.78, 5) is 4.80. The van der Waals surface area contributed by atoms with E-state index in [1.165, 1.54) is 26.8 Å². The lowest BCUT2D eigenvalue weighted by molar-refractivity contribution is 1.27. The molecule has 2 heterocycles. The third-order valence-corrected chi connectivity index (χ3v) is 11.8. The summed E-state index contributed by atoms with van der Waals surface area (Å²) in [6, 6.07) is 70.0. The Kier molecular flexibility index (Phi) is 7.60. The first kappa shape index (κ1) is 31.2. The van der Waals surface area contributed by atoms with Gasteiger partial charge < -0.3 is 4.90 Å². The fraction of sp³-hybridized carbons (Fsp3) is 0. The summed E-state index contributed by atoms with van der Waals surface area (Å²) in [7, 11) is 0. The number of fused-ring (bicyclic) bond motifs is 4. The molecule has 0 atom stereocenters. The number of nitrogens with zero attached hydrogens (tertiary/aromatic N) is 2. The van der Waals surface area contributed by atoms with Crippen molar-refractivity contribution in [2.75, 3.05) is 4.90 Å². The van der Waals surface area contributed by atoms with Crippen molar-refractivity contribution < 1.29 is 0 Å². The molecule has 0 saturated carbocycles. The molecular formula is C49H31BN2S. The first-order valence-electron chi connectivity index (χ1n) is 17.9. The first-order chi connectivity index (χ1) is 26.3. The number of para-hydroxylation sites is 2. The third kappa shape index (κ3) is 5.12. The molecule has 0 spiro atoms. The van der Waals surface area contributed by atoms with E-state index in [0.717, 1.165) is 60.9 Å². The summed E-state index contributed by atoms with van der Waals surface area (Å²) in [5, 5.41) is 10.4. The van der Waals surface area contributed by atoms with Gasteiger partial charge in [0, 0.05) is 37.9 Å². The Morgan fingerprint density at radius 1 is 0.453 bits per heavy atom. The zero-order valence-corrected chi connectivity index (χ0v) is 29.6. The second kappa shape index (κ2) is 12.9. The number of hydrogen-bond acceptors (Lipinski definition) is 3. The van der Waals surface area contributed by atoms with Gasteiger partial charge in [0.2, 0.25) is 6.71 Å². The summed E-state index contributed by atoms with van der Waals surface area (Å²) < 4.78 is 0. The number of nitriles is 1. The molecule has 0 saturated heterocycles. The molecule has 2 nitrogen and oxygen atoms in total. The van der Waals surface area contributed by atoms with Gasteiger partial charge in [-0.1, -0.05) is 187 Å². The van der Waals surface area contributed by atoms with Crippen LogP contribution in [0.4, 0.5) is 17.1 Å². The Balaban J connectivity index is 1.39. The molecular weight excluding hydrogens is 659 g/mol. The van der Waals surface area contributed by atoms with E-state index >= 15 is 0 Å². The van der Waals surface area contributed by atoms with Crippen LogP contribution in [-0.2, 0) is 0 Å². The molecule has 0 amide bonds. The molecule has 53 heavy (non-hydrogen) atoms. The minimum atomic E-state index is -0.0617. The lowest BCUT2D eigenvalue weighted by Crippen LogP contribution is -2.60. The molecule has 8 aromatic rings. The van der Waals surface area contributed by atoms with Crippen LogP contribution in [-0.4, -0.2) is 6.71 Å². The summed E-state index contributed by atoms with van der Waals surface area (Å²) in [6.45, 7) is -0.0617. The van der Waals surface area contributed by atoms with Gasteiger partial charge >= 0.3 is 0 Å². The van der Waals surface area contributed by atoms with Crippen LogP contribution < -0.4 is 21.3 Å². The van der Waals surface area contributed by atoms with Gasteiger partial charge in [-0.25, -0.2) is 0 Å². The lowest BCUT2D eigenvalue weighted by atomic mass is 9.34. The molecule has 0 aromatic heterocycles. The maximum absolute atomic E-state index is 10.4. The summed E-state index contributed by atoms with van der Waals surface area (Å²) in [5.41, 5.74) is 17.1. The second-order valence-corrected chi connectivity index (χ2v) is 14.6. The number of hydrogen-bond donors (Lipinski definition) is 0. The van der Waals surface area contributed by atoms with Crippen LogP contribution in [0, 0.1) is 11.3 Å². The molecule has 8 aromatic carbocycles. The average Bonchev–Trinajstić information content (AvgIpc) is 3.24.